The molecule has 2 aromatic heterocycles. The first kappa shape index (κ1) is 16.6. The van der Waals surface area contributed by atoms with Gasteiger partial charge in [-0.2, -0.15) is 0 Å². The fourth-order valence-electron chi connectivity index (χ4n) is 2.85. The Kier molecular flexibility index (Phi) is 4.10. The van der Waals surface area contributed by atoms with Crippen LogP contribution >= 0.6 is 11.8 Å². The maximum atomic E-state index is 11.7. The number of aromatic nitrogens is 1. The number of aliphatic hydroxyl groups is 1. The Morgan fingerprint density at radius 3 is 2.81 bits per heavy atom. The molecule has 4 rings (SSSR count). The third-order valence-corrected chi connectivity index (χ3v) is 4.99. The molecule has 0 spiro atoms. The van der Waals surface area contributed by atoms with Gasteiger partial charge in [0.25, 0.3) is 11.1 Å². The Morgan fingerprint density at radius 2 is 2.12 bits per heavy atom. The molecule has 3 heterocycles. The van der Waals surface area contributed by atoms with Crippen molar-refractivity contribution in [3.05, 3.63) is 58.5 Å². The van der Waals surface area contributed by atoms with E-state index in [1.54, 1.807) is 24.5 Å². The molecule has 1 fully saturated rings. The van der Waals surface area contributed by atoms with Crippen molar-refractivity contribution in [3.63, 3.8) is 0 Å². The summed E-state index contributed by atoms with van der Waals surface area (Å²) in [5.41, 5.74) is 4.24. The second kappa shape index (κ2) is 6.44. The van der Waals surface area contributed by atoms with Gasteiger partial charge in [-0.05, 0) is 41.4 Å². The zero-order valence-corrected chi connectivity index (χ0v) is 14.6. The number of furan rings is 1. The number of carbonyl (C=O) groups is 2. The van der Waals surface area contributed by atoms with Gasteiger partial charge in [-0.3, -0.25) is 19.9 Å². The van der Waals surface area contributed by atoms with E-state index in [2.05, 4.69) is 10.3 Å². The third-order valence-electron chi connectivity index (χ3n) is 4.18. The molecule has 0 unspecified atom stereocenters. The van der Waals surface area contributed by atoms with Crippen LogP contribution in [0.4, 0.5) is 4.79 Å². The minimum absolute atomic E-state index is 0.00845. The van der Waals surface area contributed by atoms with Crippen molar-refractivity contribution in [2.75, 3.05) is 0 Å². The minimum Gasteiger partial charge on any atom is -0.456 e. The van der Waals surface area contributed by atoms with Crippen molar-refractivity contribution in [1.29, 1.82) is 0 Å². The molecule has 0 saturated carbocycles. The van der Waals surface area contributed by atoms with Crippen LogP contribution < -0.4 is 5.32 Å². The maximum Gasteiger partial charge on any atom is 0.290 e. The van der Waals surface area contributed by atoms with Gasteiger partial charge in [0.2, 0.25) is 0 Å². The van der Waals surface area contributed by atoms with Crippen molar-refractivity contribution in [2.45, 2.75) is 13.5 Å². The van der Waals surface area contributed by atoms with Crippen LogP contribution in [0.2, 0.25) is 0 Å². The normalized spacial score (nSPS) is 15.8. The summed E-state index contributed by atoms with van der Waals surface area (Å²) in [6.45, 7) is 1.93. The molecule has 0 aliphatic carbocycles. The first-order valence-corrected chi connectivity index (χ1v) is 8.70. The second-order valence-corrected chi connectivity index (χ2v) is 6.92. The summed E-state index contributed by atoms with van der Waals surface area (Å²) >= 11 is 0.847. The van der Waals surface area contributed by atoms with E-state index in [0.717, 1.165) is 39.4 Å². The summed E-state index contributed by atoms with van der Waals surface area (Å²) in [5.74, 6) is 0.0549. The molecule has 0 bridgehead atoms. The Bertz CT molecular complexity index is 1080. The number of hydrogen-bond donors (Lipinski definition) is 2. The molecule has 0 radical (unpaired) electrons. The number of imide groups is 1. The fourth-order valence-corrected chi connectivity index (χ4v) is 3.51. The van der Waals surface area contributed by atoms with Gasteiger partial charge in [0.15, 0.2) is 0 Å². The van der Waals surface area contributed by atoms with Crippen molar-refractivity contribution in [3.8, 4) is 11.1 Å². The molecular weight excluding hydrogens is 352 g/mol. The molecule has 2 amide bonds. The number of nitrogens with one attached hydrogen (secondary N) is 1. The average molecular weight is 366 g/mol. The molecule has 1 aromatic carbocycles. The lowest BCUT2D eigenvalue weighted by molar-refractivity contribution is -0.115. The number of aryl methyl sites for hydroxylation is 1. The van der Waals surface area contributed by atoms with Crippen LogP contribution in [-0.2, 0) is 11.4 Å². The summed E-state index contributed by atoms with van der Waals surface area (Å²) in [5, 5.41) is 12.0. The minimum atomic E-state index is -0.422. The van der Waals surface area contributed by atoms with E-state index in [1.807, 2.05) is 25.1 Å². The highest BCUT2D eigenvalue weighted by Gasteiger charge is 2.25. The predicted molar refractivity (Wildman–Crippen MR) is 99.2 cm³/mol. The van der Waals surface area contributed by atoms with Crippen molar-refractivity contribution < 1.29 is 19.1 Å². The lowest BCUT2D eigenvalue weighted by Gasteiger charge is -2.07. The predicted octanol–water partition coefficient (Wildman–Crippen LogP) is 3.62. The zero-order valence-electron chi connectivity index (χ0n) is 13.8. The summed E-state index contributed by atoms with van der Waals surface area (Å²) in [6, 6.07) is 7.54. The van der Waals surface area contributed by atoms with Crippen LogP contribution in [0.1, 0.15) is 16.9 Å². The van der Waals surface area contributed by atoms with Crippen molar-refractivity contribution in [2.24, 2.45) is 0 Å². The molecule has 130 valence electrons. The molecule has 1 aliphatic heterocycles. The molecule has 2 N–H and O–H groups in total. The number of pyridine rings is 1. The Balaban J connectivity index is 1.79. The van der Waals surface area contributed by atoms with Gasteiger partial charge < -0.3 is 9.52 Å². The quantitative estimate of drug-likeness (QED) is 0.688. The first-order valence-electron chi connectivity index (χ1n) is 7.88. The first-order chi connectivity index (χ1) is 12.5. The summed E-state index contributed by atoms with van der Waals surface area (Å²) in [6.07, 6.45) is 4.96. The van der Waals surface area contributed by atoms with Crippen LogP contribution in [0.3, 0.4) is 0 Å². The Hall–Kier alpha value is -2.90. The van der Waals surface area contributed by atoms with Gasteiger partial charge in [0, 0.05) is 29.4 Å². The summed E-state index contributed by atoms with van der Waals surface area (Å²) in [7, 11) is 0. The number of amides is 2. The van der Waals surface area contributed by atoms with Crippen LogP contribution in [0.5, 0.6) is 0 Å². The lowest BCUT2D eigenvalue weighted by Crippen LogP contribution is -2.17. The highest BCUT2D eigenvalue weighted by atomic mass is 32.2. The molecule has 3 aromatic rings. The van der Waals surface area contributed by atoms with Gasteiger partial charge in [0.1, 0.15) is 11.3 Å². The second-order valence-electron chi connectivity index (χ2n) is 5.91. The number of benzene rings is 1. The largest absolute Gasteiger partial charge is 0.456 e. The van der Waals surface area contributed by atoms with Gasteiger partial charge in [-0.15, -0.1) is 0 Å². The molecule has 1 saturated heterocycles. The monoisotopic (exact) mass is 366 g/mol. The standard InChI is InChI=1S/C19H14N2O4S/c1-10-4-11(2-3-12(10)9-22)15-8-20-7-13-5-14(25-17(13)15)6-16-18(23)21-19(24)26-16/h2-8,22H,9H2,1H3,(H,21,23,24)/b16-6+. The van der Waals surface area contributed by atoms with Gasteiger partial charge in [-0.25, -0.2) is 0 Å². The van der Waals surface area contributed by atoms with Crippen LogP contribution in [0.15, 0.2) is 46.0 Å². The number of carbonyl (C=O) groups excluding carboxylic acids is 2. The smallest absolute Gasteiger partial charge is 0.290 e. The van der Waals surface area contributed by atoms with Gasteiger partial charge >= 0.3 is 0 Å². The molecule has 1 aliphatic rings. The van der Waals surface area contributed by atoms with E-state index < -0.39 is 5.91 Å². The topological polar surface area (TPSA) is 92.4 Å². The number of nitrogens with zero attached hydrogens (tertiary/aromatic N) is 1. The Labute approximate surface area is 152 Å². The third kappa shape index (κ3) is 2.91. The summed E-state index contributed by atoms with van der Waals surface area (Å²) in [4.78, 5) is 27.5. The highest BCUT2D eigenvalue weighted by molar-refractivity contribution is 8.18. The molecule has 26 heavy (non-hydrogen) atoms. The Morgan fingerprint density at radius 1 is 1.27 bits per heavy atom. The molecular formula is C19H14N2O4S. The van der Waals surface area contributed by atoms with E-state index in [1.165, 1.54) is 0 Å². The molecule has 0 atom stereocenters. The lowest BCUT2D eigenvalue weighted by atomic mass is 10.0. The van der Waals surface area contributed by atoms with Gasteiger partial charge in [0.05, 0.1) is 11.5 Å². The highest BCUT2D eigenvalue weighted by Crippen LogP contribution is 2.33. The van der Waals surface area contributed by atoms with Crippen molar-refractivity contribution >= 4 is 40.0 Å². The van der Waals surface area contributed by atoms with E-state index >= 15 is 0 Å². The number of rotatable bonds is 3. The van der Waals surface area contributed by atoms with Crippen molar-refractivity contribution in [1.82, 2.24) is 10.3 Å². The van der Waals surface area contributed by atoms with E-state index in [0.29, 0.717) is 16.2 Å². The fraction of sp³-hybridized carbons (Fsp3) is 0.105. The average Bonchev–Trinajstić information content (AvgIpc) is 3.16. The number of aliphatic hydroxyl groups excluding tert-OH is 1. The molecule has 7 heteroatoms. The van der Waals surface area contributed by atoms with Crippen LogP contribution in [-0.4, -0.2) is 21.2 Å². The maximum absolute atomic E-state index is 11.7. The number of fused-ring (bicyclic) bond motifs is 1. The number of hydrogen-bond acceptors (Lipinski definition) is 6. The van der Waals surface area contributed by atoms with Gasteiger partial charge in [-0.1, -0.05) is 18.2 Å². The molecule has 6 nitrogen and oxygen atoms in total. The number of thioether (sulfide) groups is 1. The summed E-state index contributed by atoms with van der Waals surface area (Å²) < 4.78 is 5.93. The zero-order chi connectivity index (χ0) is 18.3. The van der Waals surface area contributed by atoms with E-state index in [-0.39, 0.29) is 11.8 Å². The van der Waals surface area contributed by atoms with E-state index in [4.69, 9.17) is 4.42 Å². The van der Waals surface area contributed by atoms with Crippen LogP contribution in [0, 0.1) is 6.92 Å². The SMILES string of the molecule is Cc1cc(-c2cncc3cc(/C=C4/SC(=O)NC4=O)oc23)ccc1CO. The van der Waals surface area contributed by atoms with E-state index in [9.17, 15) is 14.7 Å². The van der Waals surface area contributed by atoms with Crippen LogP contribution in [0.25, 0.3) is 28.2 Å².